The summed E-state index contributed by atoms with van der Waals surface area (Å²) in [7, 11) is 0. The number of piperidine rings is 1. The Morgan fingerprint density at radius 1 is 1.26 bits per heavy atom. The highest BCUT2D eigenvalue weighted by molar-refractivity contribution is 8.00. The van der Waals surface area contributed by atoms with Gasteiger partial charge in [-0.1, -0.05) is 6.92 Å². The molecule has 0 atom stereocenters. The summed E-state index contributed by atoms with van der Waals surface area (Å²) in [6.07, 6.45) is 8.14. The van der Waals surface area contributed by atoms with Crippen molar-refractivity contribution in [2.24, 2.45) is 11.8 Å². The van der Waals surface area contributed by atoms with Crippen LogP contribution >= 0.6 is 11.8 Å². The van der Waals surface area contributed by atoms with Gasteiger partial charge in [0.15, 0.2) is 0 Å². The molecule has 1 aliphatic heterocycles. The maximum absolute atomic E-state index is 12.5. The van der Waals surface area contributed by atoms with Crippen LogP contribution in [0.1, 0.15) is 45.4 Å². The summed E-state index contributed by atoms with van der Waals surface area (Å²) in [4.78, 5) is 14.5. The molecule has 1 heterocycles. The van der Waals surface area contributed by atoms with Crippen LogP contribution in [0.4, 0.5) is 0 Å². The summed E-state index contributed by atoms with van der Waals surface area (Å²) in [6, 6.07) is 2.44. The summed E-state index contributed by atoms with van der Waals surface area (Å²) in [5, 5.41) is 9.27. The number of carbonyl (C=O) groups excluding carboxylic acids is 1. The van der Waals surface area contributed by atoms with Crippen LogP contribution in [0.3, 0.4) is 0 Å². The molecule has 1 saturated heterocycles. The van der Waals surface area contributed by atoms with Gasteiger partial charge in [0.1, 0.15) is 4.75 Å². The van der Waals surface area contributed by atoms with Crippen LogP contribution in [0, 0.1) is 23.2 Å². The van der Waals surface area contributed by atoms with Crippen LogP contribution < -0.4 is 0 Å². The monoisotopic (exact) mass is 280 g/mol. The van der Waals surface area contributed by atoms with Gasteiger partial charge in [-0.15, -0.1) is 11.8 Å². The van der Waals surface area contributed by atoms with E-state index >= 15 is 0 Å². The van der Waals surface area contributed by atoms with E-state index in [0.717, 1.165) is 44.7 Å². The van der Waals surface area contributed by atoms with Crippen LogP contribution in [0.5, 0.6) is 0 Å². The van der Waals surface area contributed by atoms with Crippen LogP contribution in [0.2, 0.25) is 0 Å². The standard InChI is InChI=1S/C15H24N2OS/c1-12-3-5-13(6-4-12)14(18)17-9-7-15(11-16,19-2)8-10-17/h12-13H,3-10H2,1-2H3. The van der Waals surface area contributed by atoms with Gasteiger partial charge >= 0.3 is 0 Å². The number of hydrogen-bond acceptors (Lipinski definition) is 3. The first kappa shape index (κ1) is 14.7. The fraction of sp³-hybridized carbons (Fsp3) is 0.867. The normalized spacial score (nSPS) is 30.7. The zero-order valence-electron chi connectivity index (χ0n) is 12.0. The van der Waals surface area contributed by atoms with Crippen molar-refractivity contribution in [2.45, 2.75) is 50.2 Å². The van der Waals surface area contributed by atoms with Crippen molar-refractivity contribution in [2.75, 3.05) is 19.3 Å². The fourth-order valence-electron chi connectivity index (χ4n) is 3.22. The average Bonchev–Trinajstić information content (AvgIpc) is 2.47. The van der Waals surface area contributed by atoms with E-state index in [0.29, 0.717) is 5.91 Å². The molecule has 2 aliphatic rings. The molecule has 2 fully saturated rings. The molecule has 0 radical (unpaired) electrons. The number of carbonyl (C=O) groups is 1. The Morgan fingerprint density at radius 3 is 2.32 bits per heavy atom. The van der Waals surface area contributed by atoms with Crippen molar-refractivity contribution in [3.05, 3.63) is 0 Å². The van der Waals surface area contributed by atoms with Gasteiger partial charge in [0.25, 0.3) is 0 Å². The van der Waals surface area contributed by atoms with Gasteiger partial charge in [-0.2, -0.15) is 5.26 Å². The highest BCUT2D eigenvalue weighted by Gasteiger charge is 2.37. The van der Waals surface area contributed by atoms with E-state index in [1.54, 1.807) is 11.8 Å². The van der Waals surface area contributed by atoms with Gasteiger partial charge < -0.3 is 4.90 Å². The summed E-state index contributed by atoms with van der Waals surface area (Å²) in [5.41, 5.74) is 0. The predicted octanol–water partition coefficient (Wildman–Crippen LogP) is 3.06. The third kappa shape index (κ3) is 3.25. The zero-order valence-corrected chi connectivity index (χ0v) is 12.8. The second-order valence-electron chi connectivity index (χ2n) is 6.09. The molecule has 0 unspecified atom stereocenters. The minimum atomic E-state index is -0.252. The Labute approximate surface area is 120 Å². The van der Waals surface area contributed by atoms with E-state index < -0.39 is 0 Å². The van der Waals surface area contributed by atoms with Crippen molar-refractivity contribution in [3.63, 3.8) is 0 Å². The minimum absolute atomic E-state index is 0.250. The second kappa shape index (κ2) is 6.17. The highest BCUT2D eigenvalue weighted by Crippen LogP contribution is 2.35. The lowest BCUT2D eigenvalue weighted by Crippen LogP contribution is -2.47. The molecule has 1 amide bonds. The number of nitriles is 1. The van der Waals surface area contributed by atoms with Gasteiger partial charge in [0.2, 0.25) is 5.91 Å². The predicted molar refractivity (Wildman–Crippen MR) is 78.8 cm³/mol. The van der Waals surface area contributed by atoms with Crippen LogP contribution in [-0.4, -0.2) is 34.9 Å². The lowest BCUT2D eigenvalue weighted by Gasteiger charge is -2.38. The number of amides is 1. The van der Waals surface area contributed by atoms with Gasteiger partial charge in [0.05, 0.1) is 6.07 Å². The first-order valence-corrected chi connectivity index (χ1v) is 8.58. The van der Waals surface area contributed by atoms with Crippen molar-refractivity contribution in [3.8, 4) is 6.07 Å². The Bertz CT molecular complexity index is 361. The second-order valence-corrected chi connectivity index (χ2v) is 7.28. The van der Waals surface area contributed by atoms with Crippen LogP contribution in [-0.2, 0) is 4.79 Å². The molecule has 3 nitrogen and oxygen atoms in total. The Hall–Kier alpha value is -0.690. The van der Waals surface area contributed by atoms with Gasteiger partial charge in [-0.3, -0.25) is 4.79 Å². The van der Waals surface area contributed by atoms with Crippen molar-refractivity contribution < 1.29 is 4.79 Å². The molecule has 0 aromatic rings. The largest absolute Gasteiger partial charge is 0.342 e. The maximum Gasteiger partial charge on any atom is 0.225 e. The topological polar surface area (TPSA) is 44.1 Å². The fourth-order valence-corrected chi connectivity index (χ4v) is 3.90. The van der Waals surface area contributed by atoms with E-state index in [1.165, 1.54) is 12.8 Å². The highest BCUT2D eigenvalue weighted by atomic mass is 32.2. The Morgan fingerprint density at radius 2 is 1.84 bits per heavy atom. The van der Waals surface area contributed by atoms with E-state index in [9.17, 15) is 10.1 Å². The summed E-state index contributed by atoms with van der Waals surface area (Å²) >= 11 is 1.64. The molecule has 0 aromatic carbocycles. The lowest BCUT2D eigenvalue weighted by atomic mass is 9.82. The zero-order chi connectivity index (χ0) is 13.9. The molecule has 2 rings (SSSR count). The molecule has 4 heteroatoms. The van der Waals surface area contributed by atoms with Crippen molar-refractivity contribution >= 4 is 17.7 Å². The summed E-state index contributed by atoms with van der Waals surface area (Å²) in [6.45, 7) is 3.81. The molecule has 0 spiro atoms. The van der Waals surface area contributed by atoms with Gasteiger partial charge in [0, 0.05) is 19.0 Å². The van der Waals surface area contributed by atoms with Gasteiger partial charge in [-0.25, -0.2) is 0 Å². The molecule has 19 heavy (non-hydrogen) atoms. The number of rotatable bonds is 2. The lowest BCUT2D eigenvalue weighted by molar-refractivity contribution is -0.137. The molecule has 0 bridgehead atoms. The molecule has 1 aliphatic carbocycles. The molecular weight excluding hydrogens is 256 g/mol. The van der Waals surface area contributed by atoms with Gasteiger partial charge in [-0.05, 0) is 50.7 Å². The molecule has 106 valence electrons. The van der Waals surface area contributed by atoms with E-state index in [1.807, 2.05) is 11.2 Å². The van der Waals surface area contributed by atoms with Crippen molar-refractivity contribution in [1.82, 2.24) is 4.90 Å². The Balaban J connectivity index is 1.88. The molecule has 0 aromatic heterocycles. The van der Waals surface area contributed by atoms with Crippen LogP contribution in [0.25, 0.3) is 0 Å². The molecule has 0 N–H and O–H groups in total. The smallest absolute Gasteiger partial charge is 0.225 e. The summed E-state index contributed by atoms with van der Waals surface area (Å²) in [5.74, 6) is 1.38. The molecule has 1 saturated carbocycles. The number of thioether (sulfide) groups is 1. The maximum atomic E-state index is 12.5. The van der Waals surface area contributed by atoms with E-state index in [-0.39, 0.29) is 10.7 Å². The quantitative estimate of drug-likeness (QED) is 0.781. The number of likely N-dealkylation sites (tertiary alicyclic amines) is 1. The van der Waals surface area contributed by atoms with Crippen molar-refractivity contribution in [1.29, 1.82) is 5.26 Å². The number of nitrogens with zero attached hydrogens (tertiary/aromatic N) is 2. The van der Waals surface area contributed by atoms with E-state index in [2.05, 4.69) is 13.0 Å². The van der Waals surface area contributed by atoms with E-state index in [4.69, 9.17) is 0 Å². The third-order valence-electron chi connectivity index (χ3n) is 4.84. The Kier molecular flexibility index (Phi) is 4.78. The number of hydrogen-bond donors (Lipinski definition) is 0. The van der Waals surface area contributed by atoms with Crippen LogP contribution in [0.15, 0.2) is 0 Å². The minimum Gasteiger partial charge on any atom is -0.342 e. The average molecular weight is 280 g/mol. The SMILES string of the molecule is CSC1(C#N)CCN(C(=O)C2CCC(C)CC2)CC1. The first-order valence-electron chi connectivity index (χ1n) is 7.35. The first-order chi connectivity index (χ1) is 9.10. The third-order valence-corrected chi connectivity index (χ3v) is 6.12. The molecular formula is C15H24N2OS. The summed E-state index contributed by atoms with van der Waals surface area (Å²) < 4.78 is -0.252.